The summed E-state index contributed by atoms with van der Waals surface area (Å²) >= 11 is 11.9. The molecule has 0 radical (unpaired) electrons. The van der Waals surface area contributed by atoms with Crippen molar-refractivity contribution in [2.45, 2.75) is 13.5 Å². The smallest absolute Gasteiger partial charge is 0.149 e. The van der Waals surface area contributed by atoms with E-state index in [4.69, 9.17) is 23.2 Å². The van der Waals surface area contributed by atoms with Crippen molar-refractivity contribution in [3.8, 4) is 0 Å². The zero-order valence-electron chi connectivity index (χ0n) is 11.8. The van der Waals surface area contributed by atoms with Crippen LogP contribution in [0.15, 0.2) is 42.5 Å². The Morgan fingerprint density at radius 1 is 1.09 bits per heavy atom. The Hall–Kier alpha value is -1.84. The Kier molecular flexibility index (Phi) is 4.19. The van der Waals surface area contributed by atoms with Crippen LogP contribution >= 0.6 is 23.2 Å². The normalized spacial score (nSPS) is 10.9. The molecule has 0 spiro atoms. The molecule has 0 saturated heterocycles. The molecule has 0 atom stereocenters. The third-order valence-corrected chi connectivity index (χ3v) is 4.12. The number of hydrogen-bond acceptors (Lipinski definition) is 2. The number of fused-ring (bicyclic) bond motifs is 1. The quantitative estimate of drug-likeness (QED) is 0.674. The fourth-order valence-electron chi connectivity index (χ4n) is 2.33. The largest absolute Gasteiger partial charge is 0.380 e. The molecule has 1 aromatic heterocycles. The lowest BCUT2D eigenvalue weighted by Crippen LogP contribution is -2.02. The van der Waals surface area contributed by atoms with Gasteiger partial charge in [0.05, 0.1) is 10.0 Å². The average molecular weight is 335 g/mol. The molecule has 0 fully saturated rings. The first kappa shape index (κ1) is 15.1. The molecule has 0 saturated carbocycles. The van der Waals surface area contributed by atoms with E-state index in [-0.39, 0.29) is 5.82 Å². The van der Waals surface area contributed by atoms with E-state index in [1.165, 1.54) is 6.07 Å². The molecule has 22 heavy (non-hydrogen) atoms. The van der Waals surface area contributed by atoms with Gasteiger partial charge in [-0.3, -0.25) is 0 Å². The predicted molar refractivity (Wildman–Crippen MR) is 90.2 cm³/mol. The highest BCUT2D eigenvalue weighted by molar-refractivity contribution is 6.42. The number of aryl methyl sites for hydroxylation is 1. The van der Waals surface area contributed by atoms with E-state index in [1.807, 2.05) is 31.2 Å². The van der Waals surface area contributed by atoms with Gasteiger partial charge in [0.15, 0.2) is 0 Å². The first-order valence-corrected chi connectivity index (χ1v) is 7.54. The monoisotopic (exact) mass is 334 g/mol. The molecule has 1 N–H and O–H groups in total. The molecule has 1 heterocycles. The summed E-state index contributed by atoms with van der Waals surface area (Å²) in [5.74, 6) is -0.321. The minimum atomic E-state index is -0.321. The minimum Gasteiger partial charge on any atom is -0.380 e. The van der Waals surface area contributed by atoms with Gasteiger partial charge in [0.2, 0.25) is 0 Å². The highest BCUT2D eigenvalue weighted by Crippen LogP contribution is 2.27. The van der Waals surface area contributed by atoms with Gasteiger partial charge in [0.25, 0.3) is 0 Å². The average Bonchev–Trinajstić information content (AvgIpc) is 2.49. The van der Waals surface area contributed by atoms with E-state index >= 15 is 0 Å². The lowest BCUT2D eigenvalue weighted by Gasteiger charge is -2.11. The number of para-hydroxylation sites is 1. The summed E-state index contributed by atoms with van der Waals surface area (Å²) < 4.78 is 13.9. The Labute approximate surface area is 137 Å². The van der Waals surface area contributed by atoms with Crippen molar-refractivity contribution in [1.29, 1.82) is 0 Å². The molecule has 3 rings (SSSR count). The van der Waals surface area contributed by atoms with Crippen LogP contribution in [0.2, 0.25) is 10.0 Å². The maximum atomic E-state index is 13.9. The van der Waals surface area contributed by atoms with Crippen molar-refractivity contribution >= 4 is 39.8 Å². The van der Waals surface area contributed by atoms with Crippen LogP contribution in [0.4, 0.5) is 10.1 Å². The van der Waals surface area contributed by atoms with Crippen molar-refractivity contribution in [3.05, 3.63) is 69.6 Å². The molecule has 0 aliphatic rings. The van der Waals surface area contributed by atoms with E-state index in [1.54, 1.807) is 12.1 Å². The fourth-order valence-corrected chi connectivity index (χ4v) is 2.66. The van der Waals surface area contributed by atoms with Crippen LogP contribution in [0.5, 0.6) is 0 Å². The highest BCUT2D eigenvalue weighted by atomic mass is 35.5. The van der Waals surface area contributed by atoms with Crippen LogP contribution in [0, 0.1) is 12.7 Å². The Bertz CT molecular complexity index is 849. The summed E-state index contributed by atoms with van der Waals surface area (Å²) in [5.41, 5.74) is 2.97. The summed E-state index contributed by atoms with van der Waals surface area (Å²) in [6.45, 7) is 2.40. The Morgan fingerprint density at radius 3 is 2.68 bits per heavy atom. The summed E-state index contributed by atoms with van der Waals surface area (Å²) in [7, 11) is 0. The molecular formula is C17H13Cl2FN2. The lowest BCUT2D eigenvalue weighted by atomic mass is 10.1. The fraction of sp³-hybridized carbons (Fsp3) is 0.118. The number of benzene rings is 2. The number of halogens is 3. The molecule has 0 unspecified atom stereocenters. The number of aromatic nitrogens is 1. The van der Waals surface area contributed by atoms with Crippen molar-refractivity contribution in [2.24, 2.45) is 0 Å². The first-order valence-electron chi connectivity index (χ1n) is 6.78. The second kappa shape index (κ2) is 6.11. The first-order chi connectivity index (χ1) is 10.5. The molecule has 0 aliphatic heterocycles. The standard InChI is InChI=1S/C17H13Cl2FN2/c1-10-7-16(12-3-2-4-15(20)17(12)22-10)21-9-11-5-6-13(18)14(19)8-11/h2-8H,9H2,1H3,(H,21,22). The number of nitrogens with one attached hydrogen (secondary N) is 1. The molecular weight excluding hydrogens is 322 g/mol. The van der Waals surface area contributed by atoms with Gasteiger partial charge in [-0.05, 0) is 36.8 Å². The molecule has 0 amide bonds. The Morgan fingerprint density at radius 2 is 1.91 bits per heavy atom. The molecule has 2 nitrogen and oxygen atoms in total. The van der Waals surface area contributed by atoms with E-state index < -0.39 is 0 Å². The van der Waals surface area contributed by atoms with Crippen molar-refractivity contribution < 1.29 is 4.39 Å². The van der Waals surface area contributed by atoms with Gasteiger partial charge < -0.3 is 5.32 Å². The second-order valence-electron chi connectivity index (χ2n) is 5.05. The second-order valence-corrected chi connectivity index (χ2v) is 5.86. The number of rotatable bonds is 3. The SMILES string of the molecule is Cc1cc(NCc2ccc(Cl)c(Cl)c2)c2cccc(F)c2n1. The minimum absolute atomic E-state index is 0.321. The summed E-state index contributed by atoms with van der Waals surface area (Å²) in [6, 6.07) is 12.3. The van der Waals surface area contributed by atoms with Gasteiger partial charge in [0.1, 0.15) is 11.3 Å². The summed E-state index contributed by atoms with van der Waals surface area (Å²) in [4.78, 5) is 4.26. The number of hydrogen-bond donors (Lipinski definition) is 1. The van der Waals surface area contributed by atoms with Crippen LogP contribution in [0.3, 0.4) is 0 Å². The highest BCUT2D eigenvalue weighted by Gasteiger charge is 2.08. The lowest BCUT2D eigenvalue weighted by molar-refractivity contribution is 0.636. The molecule has 3 aromatic rings. The van der Waals surface area contributed by atoms with Gasteiger partial charge in [-0.2, -0.15) is 0 Å². The van der Waals surface area contributed by atoms with Gasteiger partial charge in [-0.15, -0.1) is 0 Å². The maximum absolute atomic E-state index is 13.9. The van der Waals surface area contributed by atoms with Crippen LogP contribution in [0.1, 0.15) is 11.3 Å². The van der Waals surface area contributed by atoms with Crippen LogP contribution in [-0.4, -0.2) is 4.98 Å². The van der Waals surface area contributed by atoms with Crippen molar-refractivity contribution in [2.75, 3.05) is 5.32 Å². The summed E-state index contributed by atoms with van der Waals surface area (Å²) in [6.07, 6.45) is 0. The molecule has 2 aromatic carbocycles. The van der Waals surface area contributed by atoms with E-state index in [0.717, 1.165) is 22.3 Å². The van der Waals surface area contributed by atoms with Crippen molar-refractivity contribution in [1.82, 2.24) is 4.98 Å². The zero-order chi connectivity index (χ0) is 15.7. The third-order valence-electron chi connectivity index (χ3n) is 3.39. The van der Waals surface area contributed by atoms with Crippen LogP contribution in [0.25, 0.3) is 10.9 Å². The van der Waals surface area contributed by atoms with Gasteiger partial charge in [-0.25, -0.2) is 9.37 Å². The number of nitrogens with zero attached hydrogens (tertiary/aromatic N) is 1. The van der Waals surface area contributed by atoms with E-state index in [0.29, 0.717) is 22.1 Å². The van der Waals surface area contributed by atoms with Crippen LogP contribution < -0.4 is 5.32 Å². The zero-order valence-corrected chi connectivity index (χ0v) is 13.3. The molecule has 5 heteroatoms. The molecule has 0 aliphatic carbocycles. The van der Waals surface area contributed by atoms with E-state index in [2.05, 4.69) is 10.3 Å². The number of pyridine rings is 1. The van der Waals surface area contributed by atoms with Gasteiger partial charge >= 0.3 is 0 Å². The third kappa shape index (κ3) is 3.01. The predicted octanol–water partition coefficient (Wildman–Crippen LogP) is 5.60. The Balaban J connectivity index is 1.93. The molecule has 112 valence electrons. The molecule has 0 bridgehead atoms. The van der Waals surface area contributed by atoms with E-state index in [9.17, 15) is 4.39 Å². The summed E-state index contributed by atoms with van der Waals surface area (Å²) in [5, 5.41) is 5.11. The van der Waals surface area contributed by atoms with Crippen LogP contribution in [-0.2, 0) is 6.54 Å². The maximum Gasteiger partial charge on any atom is 0.149 e. The van der Waals surface area contributed by atoms with Gasteiger partial charge in [0, 0.05) is 23.3 Å². The van der Waals surface area contributed by atoms with Crippen molar-refractivity contribution in [3.63, 3.8) is 0 Å². The topological polar surface area (TPSA) is 24.9 Å². The number of anilines is 1. The van der Waals surface area contributed by atoms with Gasteiger partial charge in [-0.1, -0.05) is 41.4 Å².